The minimum Gasteiger partial charge on any atom is -0.493 e. The standard InChI is InChI=1S/C30H34ClN3O5/c1-20(2)15-25(33-29(35)19-39-26-8-6-5-7-21(26)3)30(36)34-32-17-23-11-14-27(28(16-23)37-4)38-18-22-9-12-24(31)13-10-22/h5-14,16-17,20,25H,15,18-19H2,1-4H3,(H,33,35)(H,34,36)/b32-17-/t25-/m0/s1. The number of nitrogens with zero attached hydrogens (tertiary/aromatic N) is 1. The van der Waals surface area contributed by atoms with Gasteiger partial charge in [0, 0.05) is 5.02 Å². The molecule has 0 saturated carbocycles. The molecule has 0 aromatic heterocycles. The predicted molar refractivity (Wildman–Crippen MR) is 153 cm³/mol. The number of para-hydroxylation sites is 1. The lowest BCUT2D eigenvalue weighted by atomic mass is 10.0. The minimum absolute atomic E-state index is 0.173. The minimum atomic E-state index is -0.756. The van der Waals surface area contributed by atoms with Gasteiger partial charge in [-0.3, -0.25) is 9.59 Å². The Hall–Kier alpha value is -4.04. The Morgan fingerprint density at radius 1 is 0.974 bits per heavy atom. The summed E-state index contributed by atoms with van der Waals surface area (Å²) >= 11 is 5.93. The van der Waals surface area contributed by atoms with Crippen LogP contribution in [0.1, 0.15) is 37.0 Å². The number of benzene rings is 3. The molecule has 2 amide bonds. The van der Waals surface area contributed by atoms with E-state index in [4.69, 9.17) is 25.8 Å². The molecule has 3 aromatic rings. The van der Waals surface area contributed by atoms with Crippen LogP contribution < -0.4 is 25.0 Å². The molecular formula is C30H34ClN3O5. The molecule has 0 saturated heterocycles. The van der Waals surface area contributed by atoms with Crippen LogP contribution in [0.5, 0.6) is 17.2 Å². The first-order valence-corrected chi connectivity index (χ1v) is 13.0. The lowest BCUT2D eigenvalue weighted by Crippen LogP contribution is -2.47. The summed E-state index contributed by atoms with van der Waals surface area (Å²) in [6.45, 7) is 6.01. The van der Waals surface area contributed by atoms with Gasteiger partial charge in [0.1, 0.15) is 18.4 Å². The highest BCUT2D eigenvalue weighted by Gasteiger charge is 2.22. The highest BCUT2D eigenvalue weighted by molar-refractivity contribution is 6.30. The Morgan fingerprint density at radius 3 is 2.41 bits per heavy atom. The quantitative estimate of drug-likeness (QED) is 0.222. The molecule has 3 aromatic carbocycles. The van der Waals surface area contributed by atoms with E-state index in [-0.39, 0.29) is 18.4 Å². The summed E-state index contributed by atoms with van der Waals surface area (Å²) in [5.74, 6) is 1.09. The van der Waals surface area contributed by atoms with Gasteiger partial charge in [-0.25, -0.2) is 5.43 Å². The van der Waals surface area contributed by atoms with Crippen molar-refractivity contribution in [3.05, 3.63) is 88.4 Å². The highest BCUT2D eigenvalue weighted by atomic mass is 35.5. The van der Waals surface area contributed by atoms with Crippen molar-refractivity contribution in [2.24, 2.45) is 11.0 Å². The molecule has 9 heteroatoms. The van der Waals surface area contributed by atoms with E-state index < -0.39 is 11.9 Å². The molecule has 0 aliphatic carbocycles. The van der Waals surface area contributed by atoms with Gasteiger partial charge >= 0.3 is 0 Å². The van der Waals surface area contributed by atoms with E-state index in [1.165, 1.54) is 6.21 Å². The molecule has 0 fully saturated rings. The average Bonchev–Trinajstić information content (AvgIpc) is 2.92. The molecule has 0 spiro atoms. The number of hydrogen-bond donors (Lipinski definition) is 2. The van der Waals surface area contributed by atoms with Crippen LogP contribution in [0, 0.1) is 12.8 Å². The second kappa shape index (κ2) is 14.8. The maximum atomic E-state index is 12.8. The van der Waals surface area contributed by atoms with Crippen molar-refractivity contribution in [2.75, 3.05) is 13.7 Å². The zero-order valence-corrected chi connectivity index (χ0v) is 23.3. The molecule has 0 heterocycles. The molecule has 206 valence electrons. The van der Waals surface area contributed by atoms with Crippen molar-refractivity contribution in [2.45, 2.75) is 39.8 Å². The van der Waals surface area contributed by atoms with E-state index in [0.717, 1.165) is 11.1 Å². The zero-order chi connectivity index (χ0) is 28.2. The molecule has 1 atom stereocenters. The Labute approximate surface area is 234 Å². The number of aryl methyl sites for hydroxylation is 1. The van der Waals surface area contributed by atoms with Crippen molar-refractivity contribution >= 4 is 29.6 Å². The number of amides is 2. The smallest absolute Gasteiger partial charge is 0.262 e. The lowest BCUT2D eigenvalue weighted by molar-refractivity contribution is -0.130. The van der Waals surface area contributed by atoms with Gasteiger partial charge in [0.2, 0.25) is 0 Å². The first-order chi connectivity index (χ1) is 18.7. The third-order valence-corrected chi connectivity index (χ3v) is 5.95. The SMILES string of the molecule is COc1cc(/C=N\NC(=O)[C@H](CC(C)C)NC(=O)COc2ccccc2C)ccc1OCc1ccc(Cl)cc1. The first kappa shape index (κ1) is 29.5. The maximum Gasteiger partial charge on any atom is 0.262 e. The second-order valence-corrected chi connectivity index (χ2v) is 9.80. The fourth-order valence-corrected chi connectivity index (χ4v) is 3.80. The molecular weight excluding hydrogens is 518 g/mol. The van der Waals surface area contributed by atoms with E-state index in [9.17, 15) is 9.59 Å². The van der Waals surface area contributed by atoms with Gasteiger partial charge in [-0.1, -0.05) is 55.8 Å². The molecule has 0 aliphatic rings. The van der Waals surface area contributed by atoms with Gasteiger partial charge in [-0.2, -0.15) is 5.10 Å². The van der Waals surface area contributed by atoms with Crippen LogP contribution in [-0.4, -0.2) is 37.8 Å². The van der Waals surface area contributed by atoms with Crippen molar-refractivity contribution in [1.82, 2.24) is 10.7 Å². The summed E-state index contributed by atoms with van der Waals surface area (Å²) in [5.41, 5.74) is 5.11. The van der Waals surface area contributed by atoms with Crippen LogP contribution in [0.15, 0.2) is 71.8 Å². The van der Waals surface area contributed by atoms with Crippen molar-refractivity contribution in [1.29, 1.82) is 0 Å². The number of methoxy groups -OCH3 is 1. The molecule has 39 heavy (non-hydrogen) atoms. The Kier molecular flexibility index (Phi) is 11.2. The summed E-state index contributed by atoms with van der Waals surface area (Å²) in [6, 6.07) is 19.4. The van der Waals surface area contributed by atoms with Gasteiger partial charge in [0.05, 0.1) is 13.3 Å². The van der Waals surface area contributed by atoms with Crippen LogP contribution in [-0.2, 0) is 16.2 Å². The van der Waals surface area contributed by atoms with Crippen LogP contribution in [0.25, 0.3) is 0 Å². The fourth-order valence-electron chi connectivity index (χ4n) is 3.67. The van der Waals surface area contributed by atoms with E-state index in [1.807, 2.05) is 63.2 Å². The number of carbonyl (C=O) groups is 2. The average molecular weight is 552 g/mol. The number of nitrogens with one attached hydrogen (secondary N) is 2. The third kappa shape index (κ3) is 9.65. The van der Waals surface area contributed by atoms with Crippen molar-refractivity contribution < 1.29 is 23.8 Å². The number of hydrogen-bond acceptors (Lipinski definition) is 6. The molecule has 0 bridgehead atoms. The van der Waals surface area contributed by atoms with E-state index in [0.29, 0.717) is 40.9 Å². The van der Waals surface area contributed by atoms with Crippen molar-refractivity contribution in [3.63, 3.8) is 0 Å². The molecule has 8 nitrogen and oxygen atoms in total. The molecule has 2 N–H and O–H groups in total. The largest absolute Gasteiger partial charge is 0.493 e. The second-order valence-electron chi connectivity index (χ2n) is 9.36. The van der Waals surface area contributed by atoms with Gasteiger partial charge < -0.3 is 19.5 Å². The summed E-state index contributed by atoms with van der Waals surface area (Å²) in [5, 5.41) is 7.49. The number of carbonyl (C=O) groups excluding carboxylic acids is 2. The van der Waals surface area contributed by atoms with Gasteiger partial charge in [-0.15, -0.1) is 0 Å². The van der Waals surface area contributed by atoms with Crippen LogP contribution in [0.2, 0.25) is 5.02 Å². The third-order valence-electron chi connectivity index (χ3n) is 5.69. The molecule has 3 rings (SSSR count). The summed E-state index contributed by atoms with van der Waals surface area (Å²) in [6.07, 6.45) is 1.95. The maximum absolute atomic E-state index is 12.8. The van der Waals surface area contributed by atoms with Crippen molar-refractivity contribution in [3.8, 4) is 17.2 Å². The first-order valence-electron chi connectivity index (χ1n) is 12.6. The lowest BCUT2D eigenvalue weighted by Gasteiger charge is -2.19. The van der Waals surface area contributed by atoms with Crippen LogP contribution in [0.3, 0.4) is 0 Å². The van der Waals surface area contributed by atoms with Gasteiger partial charge in [0.25, 0.3) is 11.8 Å². The predicted octanol–water partition coefficient (Wildman–Crippen LogP) is 5.30. The van der Waals surface area contributed by atoms with E-state index in [1.54, 1.807) is 31.4 Å². The summed E-state index contributed by atoms with van der Waals surface area (Å²) in [4.78, 5) is 25.3. The van der Waals surface area contributed by atoms with Gasteiger partial charge in [0.15, 0.2) is 18.1 Å². The highest BCUT2D eigenvalue weighted by Crippen LogP contribution is 2.28. The van der Waals surface area contributed by atoms with Gasteiger partial charge in [-0.05, 0) is 72.4 Å². The zero-order valence-electron chi connectivity index (χ0n) is 22.6. The number of halogens is 1. The Balaban J connectivity index is 1.56. The van der Waals surface area contributed by atoms with Crippen LogP contribution >= 0.6 is 11.6 Å². The summed E-state index contributed by atoms with van der Waals surface area (Å²) in [7, 11) is 1.55. The summed E-state index contributed by atoms with van der Waals surface area (Å²) < 4.78 is 16.9. The number of rotatable bonds is 13. The molecule has 0 unspecified atom stereocenters. The number of ether oxygens (including phenoxy) is 3. The fraction of sp³-hybridized carbons (Fsp3) is 0.300. The van der Waals surface area contributed by atoms with E-state index in [2.05, 4.69) is 15.8 Å². The van der Waals surface area contributed by atoms with E-state index >= 15 is 0 Å². The van der Waals surface area contributed by atoms with Crippen LogP contribution in [0.4, 0.5) is 0 Å². The molecule has 0 radical (unpaired) electrons. The Morgan fingerprint density at radius 2 is 1.72 bits per heavy atom. The topological polar surface area (TPSA) is 98.2 Å². The normalized spacial score (nSPS) is 11.7. The monoisotopic (exact) mass is 551 g/mol. The Bertz CT molecular complexity index is 1280. The number of hydrazone groups is 1. The molecule has 0 aliphatic heterocycles.